The van der Waals surface area contributed by atoms with Crippen molar-refractivity contribution in [2.45, 2.75) is 52.7 Å². The second-order valence-electron chi connectivity index (χ2n) is 8.59. The summed E-state index contributed by atoms with van der Waals surface area (Å²) in [6.45, 7) is 9.07. The standard InChI is InChI=1S/C25H36N2O2/c1-6-20-10-9-11-21(15-20)16-27(23(14-19(2)3)18-26(4)5)17-22-12-7-8-13-24(22)25(28)29/h7-13,15,19,23H,6,14,16-18H2,1-5H3,(H,28,29)/t23-/m0/s1. The van der Waals surface area contributed by atoms with Gasteiger partial charge in [-0.15, -0.1) is 0 Å². The lowest BCUT2D eigenvalue weighted by atomic mass is 9.99. The van der Waals surface area contributed by atoms with E-state index < -0.39 is 5.97 Å². The van der Waals surface area contributed by atoms with Gasteiger partial charge in [-0.25, -0.2) is 4.79 Å². The first-order chi connectivity index (χ1) is 13.8. The van der Waals surface area contributed by atoms with Gasteiger partial charge in [0.05, 0.1) is 5.56 Å². The number of carboxylic acid groups (broad SMARTS) is 1. The molecule has 0 bridgehead atoms. The largest absolute Gasteiger partial charge is 0.478 e. The lowest BCUT2D eigenvalue weighted by molar-refractivity contribution is 0.0691. The Hall–Kier alpha value is -2.17. The molecule has 0 heterocycles. The Morgan fingerprint density at radius 2 is 1.69 bits per heavy atom. The average molecular weight is 397 g/mol. The van der Waals surface area contributed by atoms with Crippen molar-refractivity contribution in [1.82, 2.24) is 9.80 Å². The zero-order valence-electron chi connectivity index (χ0n) is 18.6. The smallest absolute Gasteiger partial charge is 0.336 e. The van der Waals surface area contributed by atoms with Crippen molar-refractivity contribution in [3.8, 4) is 0 Å². The highest BCUT2D eigenvalue weighted by Gasteiger charge is 2.23. The molecule has 0 aliphatic carbocycles. The predicted molar refractivity (Wildman–Crippen MR) is 120 cm³/mol. The number of aromatic carboxylic acids is 1. The Morgan fingerprint density at radius 1 is 1.00 bits per heavy atom. The molecule has 2 aromatic rings. The van der Waals surface area contributed by atoms with Crippen LogP contribution in [0.25, 0.3) is 0 Å². The molecule has 0 saturated carbocycles. The van der Waals surface area contributed by atoms with E-state index in [1.807, 2.05) is 12.1 Å². The third-order valence-electron chi connectivity index (χ3n) is 5.24. The molecule has 0 aliphatic heterocycles. The van der Waals surface area contributed by atoms with E-state index in [9.17, 15) is 9.90 Å². The predicted octanol–water partition coefficient (Wildman–Crippen LogP) is 4.93. The number of carbonyl (C=O) groups is 1. The average Bonchev–Trinajstić information content (AvgIpc) is 2.66. The molecule has 0 amide bonds. The number of benzene rings is 2. The quantitative estimate of drug-likeness (QED) is 0.585. The first-order valence-electron chi connectivity index (χ1n) is 10.6. The molecule has 0 aromatic heterocycles. The Bertz CT molecular complexity index is 776. The molecular weight excluding hydrogens is 360 g/mol. The number of hydrogen-bond acceptors (Lipinski definition) is 3. The third kappa shape index (κ3) is 7.30. The summed E-state index contributed by atoms with van der Waals surface area (Å²) in [4.78, 5) is 16.4. The van der Waals surface area contributed by atoms with Crippen LogP contribution in [0.2, 0.25) is 0 Å². The zero-order chi connectivity index (χ0) is 21.4. The van der Waals surface area contributed by atoms with Crippen molar-refractivity contribution in [3.05, 3.63) is 70.8 Å². The van der Waals surface area contributed by atoms with E-state index in [0.29, 0.717) is 24.1 Å². The summed E-state index contributed by atoms with van der Waals surface area (Å²) < 4.78 is 0. The van der Waals surface area contributed by atoms with Crippen molar-refractivity contribution in [2.75, 3.05) is 20.6 Å². The summed E-state index contributed by atoms with van der Waals surface area (Å²) in [5, 5.41) is 9.64. The molecule has 0 radical (unpaired) electrons. The van der Waals surface area contributed by atoms with Gasteiger partial charge in [-0.2, -0.15) is 0 Å². The van der Waals surface area contributed by atoms with E-state index in [1.165, 1.54) is 11.1 Å². The van der Waals surface area contributed by atoms with Gasteiger partial charge in [0.1, 0.15) is 0 Å². The molecule has 0 unspecified atom stereocenters. The minimum Gasteiger partial charge on any atom is -0.478 e. The highest BCUT2D eigenvalue weighted by Crippen LogP contribution is 2.21. The monoisotopic (exact) mass is 396 g/mol. The molecule has 0 saturated heterocycles. The maximum atomic E-state index is 11.7. The normalized spacial score (nSPS) is 12.7. The van der Waals surface area contributed by atoms with Gasteiger partial charge in [-0.1, -0.05) is 63.2 Å². The topological polar surface area (TPSA) is 43.8 Å². The second-order valence-corrected chi connectivity index (χ2v) is 8.59. The van der Waals surface area contributed by atoms with Crippen LogP contribution in [0.1, 0.15) is 54.2 Å². The molecule has 2 aromatic carbocycles. The van der Waals surface area contributed by atoms with E-state index >= 15 is 0 Å². The van der Waals surface area contributed by atoms with E-state index in [0.717, 1.165) is 31.5 Å². The Balaban J connectivity index is 2.38. The summed E-state index contributed by atoms with van der Waals surface area (Å²) in [6, 6.07) is 16.5. The van der Waals surface area contributed by atoms with E-state index in [-0.39, 0.29) is 0 Å². The van der Waals surface area contributed by atoms with Crippen LogP contribution >= 0.6 is 0 Å². The highest BCUT2D eigenvalue weighted by molar-refractivity contribution is 5.89. The first-order valence-corrected chi connectivity index (χ1v) is 10.6. The number of hydrogen-bond donors (Lipinski definition) is 1. The van der Waals surface area contributed by atoms with Gasteiger partial charge in [-0.3, -0.25) is 4.90 Å². The number of likely N-dealkylation sites (N-methyl/N-ethyl adjacent to an activating group) is 1. The summed E-state index contributed by atoms with van der Waals surface area (Å²) >= 11 is 0. The molecule has 1 N–H and O–H groups in total. The van der Waals surface area contributed by atoms with Gasteiger partial charge < -0.3 is 10.0 Å². The number of rotatable bonds is 11. The fraction of sp³-hybridized carbons (Fsp3) is 0.480. The van der Waals surface area contributed by atoms with Gasteiger partial charge in [0, 0.05) is 25.7 Å². The number of nitrogens with zero attached hydrogens (tertiary/aromatic N) is 2. The molecule has 0 fully saturated rings. The van der Waals surface area contributed by atoms with Crippen LogP contribution in [0.4, 0.5) is 0 Å². The minimum atomic E-state index is -0.860. The Labute approximate surface area is 176 Å². The second kappa shape index (κ2) is 11.1. The first kappa shape index (κ1) is 23.1. The van der Waals surface area contributed by atoms with Gasteiger partial charge in [-0.05, 0) is 55.6 Å². The summed E-state index contributed by atoms with van der Waals surface area (Å²) in [5.74, 6) is -0.291. The third-order valence-corrected chi connectivity index (χ3v) is 5.24. The molecule has 1 atom stereocenters. The van der Waals surface area contributed by atoms with Crippen LogP contribution < -0.4 is 0 Å². The van der Waals surface area contributed by atoms with Gasteiger partial charge in [0.15, 0.2) is 0 Å². The minimum absolute atomic E-state index is 0.345. The van der Waals surface area contributed by atoms with Crippen LogP contribution in [-0.2, 0) is 19.5 Å². The van der Waals surface area contributed by atoms with Crippen LogP contribution in [0.15, 0.2) is 48.5 Å². The van der Waals surface area contributed by atoms with Gasteiger partial charge in [0.2, 0.25) is 0 Å². The van der Waals surface area contributed by atoms with Crippen molar-refractivity contribution in [3.63, 3.8) is 0 Å². The van der Waals surface area contributed by atoms with Gasteiger partial charge in [0.25, 0.3) is 0 Å². The van der Waals surface area contributed by atoms with Crippen molar-refractivity contribution < 1.29 is 9.90 Å². The molecule has 0 aliphatic rings. The van der Waals surface area contributed by atoms with Crippen molar-refractivity contribution >= 4 is 5.97 Å². The molecular formula is C25H36N2O2. The van der Waals surface area contributed by atoms with E-state index in [1.54, 1.807) is 12.1 Å². The Morgan fingerprint density at radius 3 is 2.31 bits per heavy atom. The summed E-state index contributed by atoms with van der Waals surface area (Å²) in [6.07, 6.45) is 2.09. The molecule has 29 heavy (non-hydrogen) atoms. The van der Waals surface area contributed by atoms with Crippen molar-refractivity contribution in [1.29, 1.82) is 0 Å². The summed E-state index contributed by atoms with van der Waals surface area (Å²) in [5.41, 5.74) is 3.89. The molecule has 4 nitrogen and oxygen atoms in total. The Kier molecular flexibility index (Phi) is 8.87. The van der Waals surface area contributed by atoms with Crippen molar-refractivity contribution in [2.24, 2.45) is 5.92 Å². The van der Waals surface area contributed by atoms with Gasteiger partial charge >= 0.3 is 5.97 Å². The zero-order valence-corrected chi connectivity index (χ0v) is 18.6. The molecule has 4 heteroatoms. The number of aryl methyl sites for hydroxylation is 1. The number of carboxylic acids is 1. The molecule has 2 rings (SSSR count). The fourth-order valence-electron chi connectivity index (χ4n) is 3.89. The van der Waals surface area contributed by atoms with Crippen LogP contribution in [-0.4, -0.2) is 47.6 Å². The fourth-order valence-corrected chi connectivity index (χ4v) is 3.89. The maximum Gasteiger partial charge on any atom is 0.336 e. The van der Waals surface area contributed by atoms with Crippen LogP contribution in [0, 0.1) is 5.92 Å². The lowest BCUT2D eigenvalue weighted by Crippen LogP contribution is -2.42. The highest BCUT2D eigenvalue weighted by atomic mass is 16.4. The molecule has 158 valence electrons. The van der Waals surface area contributed by atoms with E-state index in [4.69, 9.17) is 0 Å². The lowest BCUT2D eigenvalue weighted by Gasteiger charge is -2.35. The van der Waals surface area contributed by atoms with E-state index in [2.05, 4.69) is 68.9 Å². The summed E-state index contributed by atoms with van der Waals surface area (Å²) in [7, 11) is 4.21. The maximum absolute atomic E-state index is 11.7. The van der Waals surface area contributed by atoms with Crippen LogP contribution in [0.5, 0.6) is 0 Å². The molecule has 0 spiro atoms. The van der Waals surface area contributed by atoms with Crippen LogP contribution in [0.3, 0.4) is 0 Å². The SMILES string of the molecule is CCc1cccc(CN(Cc2ccccc2C(=O)O)[C@@H](CC(C)C)CN(C)C)c1.